The first-order chi connectivity index (χ1) is 18.7. The summed E-state index contributed by atoms with van der Waals surface area (Å²) in [4.78, 5) is 28.2. The number of carbonyl (C=O) groups excluding carboxylic acids is 2. The van der Waals surface area contributed by atoms with E-state index in [9.17, 15) is 19.1 Å². The van der Waals surface area contributed by atoms with Crippen LogP contribution in [0, 0.1) is 11.7 Å². The number of aliphatic hydroxyl groups excluding tert-OH is 1. The summed E-state index contributed by atoms with van der Waals surface area (Å²) in [6, 6.07) is 9.37. The SMILES string of the molecule is CNC[C@@H]1OCCCC[C@@H](C)Oc2ccc(NC(=O)Nc3ccc(F)cc3)cc2C(=O)N([C@@H](C)CO)C[C@@H]1C. The van der Waals surface area contributed by atoms with Crippen LogP contribution in [0.3, 0.4) is 0 Å². The van der Waals surface area contributed by atoms with Gasteiger partial charge >= 0.3 is 6.03 Å². The summed E-state index contributed by atoms with van der Waals surface area (Å²) in [6.07, 6.45) is 2.36. The van der Waals surface area contributed by atoms with Gasteiger partial charge in [-0.3, -0.25) is 4.79 Å². The van der Waals surface area contributed by atoms with Crippen molar-refractivity contribution in [2.24, 2.45) is 5.92 Å². The number of hydrogen-bond acceptors (Lipinski definition) is 6. The first-order valence-electron chi connectivity index (χ1n) is 13.5. The van der Waals surface area contributed by atoms with Crippen molar-refractivity contribution in [3.05, 3.63) is 53.8 Å². The molecule has 1 aliphatic heterocycles. The highest BCUT2D eigenvalue weighted by molar-refractivity contribution is 6.02. The minimum absolute atomic E-state index is 0.00979. The largest absolute Gasteiger partial charge is 0.490 e. The van der Waals surface area contributed by atoms with E-state index >= 15 is 0 Å². The normalized spacial score (nSPS) is 21.7. The maximum absolute atomic E-state index is 14.0. The molecule has 10 heteroatoms. The number of aliphatic hydroxyl groups is 1. The summed E-state index contributed by atoms with van der Waals surface area (Å²) in [5, 5.41) is 18.6. The number of nitrogens with zero attached hydrogens (tertiary/aromatic N) is 1. The summed E-state index contributed by atoms with van der Waals surface area (Å²) >= 11 is 0. The van der Waals surface area contributed by atoms with Gasteiger partial charge in [0.1, 0.15) is 11.6 Å². The van der Waals surface area contributed by atoms with Crippen LogP contribution in [0.4, 0.5) is 20.6 Å². The second kappa shape index (κ2) is 14.8. The van der Waals surface area contributed by atoms with Crippen LogP contribution < -0.4 is 20.7 Å². The fourth-order valence-electron chi connectivity index (χ4n) is 4.52. The van der Waals surface area contributed by atoms with Gasteiger partial charge in [-0.2, -0.15) is 0 Å². The summed E-state index contributed by atoms with van der Waals surface area (Å²) in [5.41, 5.74) is 1.10. The quantitative estimate of drug-likeness (QED) is 0.427. The van der Waals surface area contributed by atoms with Crippen molar-refractivity contribution in [1.29, 1.82) is 0 Å². The summed E-state index contributed by atoms with van der Waals surface area (Å²) in [5.74, 6) is -0.308. The van der Waals surface area contributed by atoms with Gasteiger partial charge in [-0.05, 0) is 82.6 Å². The molecular weight excluding hydrogens is 503 g/mol. The van der Waals surface area contributed by atoms with Crippen LogP contribution in [-0.2, 0) is 4.74 Å². The van der Waals surface area contributed by atoms with Crippen LogP contribution in [0.25, 0.3) is 0 Å². The molecule has 0 saturated heterocycles. The Hall–Kier alpha value is -3.21. The molecule has 0 unspecified atom stereocenters. The highest BCUT2D eigenvalue weighted by Crippen LogP contribution is 2.28. The second-order valence-electron chi connectivity index (χ2n) is 10.2. The molecule has 0 aliphatic carbocycles. The zero-order valence-electron chi connectivity index (χ0n) is 23.2. The number of ether oxygens (including phenoxy) is 2. The summed E-state index contributed by atoms with van der Waals surface area (Å²) < 4.78 is 25.6. The van der Waals surface area contributed by atoms with E-state index in [1.165, 1.54) is 24.3 Å². The van der Waals surface area contributed by atoms with Gasteiger partial charge in [-0.1, -0.05) is 6.92 Å². The van der Waals surface area contributed by atoms with E-state index in [4.69, 9.17) is 9.47 Å². The molecule has 0 saturated carbocycles. The van der Waals surface area contributed by atoms with Gasteiger partial charge in [0.05, 0.1) is 30.4 Å². The number of anilines is 2. The number of carbonyl (C=O) groups is 2. The van der Waals surface area contributed by atoms with Crippen molar-refractivity contribution in [2.75, 3.05) is 44.0 Å². The van der Waals surface area contributed by atoms with Crippen LogP contribution >= 0.6 is 0 Å². The van der Waals surface area contributed by atoms with Crippen molar-refractivity contribution in [1.82, 2.24) is 10.2 Å². The van der Waals surface area contributed by atoms with Gasteiger partial charge in [0.2, 0.25) is 0 Å². The summed E-state index contributed by atoms with van der Waals surface area (Å²) in [6.45, 7) is 7.22. The number of nitrogens with one attached hydrogen (secondary N) is 3. The van der Waals surface area contributed by atoms with Crippen molar-refractivity contribution in [3.8, 4) is 5.75 Å². The van der Waals surface area contributed by atoms with E-state index in [1.54, 1.807) is 30.0 Å². The fourth-order valence-corrected chi connectivity index (χ4v) is 4.52. The Labute approximate surface area is 230 Å². The number of hydrogen-bond donors (Lipinski definition) is 4. The molecule has 2 aromatic rings. The minimum atomic E-state index is -0.537. The minimum Gasteiger partial charge on any atom is -0.490 e. The predicted molar refractivity (Wildman–Crippen MR) is 150 cm³/mol. The van der Waals surface area contributed by atoms with Crippen molar-refractivity contribution < 1.29 is 28.6 Å². The van der Waals surface area contributed by atoms with E-state index in [-0.39, 0.29) is 36.2 Å². The Balaban J connectivity index is 1.92. The van der Waals surface area contributed by atoms with Crippen LogP contribution in [0.15, 0.2) is 42.5 Å². The number of benzene rings is 2. The number of likely N-dealkylation sites (N-methyl/N-ethyl adjacent to an activating group) is 1. The monoisotopic (exact) mass is 544 g/mol. The molecule has 214 valence electrons. The zero-order valence-corrected chi connectivity index (χ0v) is 23.2. The Bertz CT molecular complexity index is 1080. The standard InChI is InChI=1S/C29H41FN4O5/c1-19-17-34(20(2)18-35)28(36)25-15-24(33-29(37)32-23-10-8-22(30)9-11-23)12-13-26(25)39-21(3)7-5-6-14-38-27(19)16-31-4/h8-13,15,19-21,27,31,35H,5-7,14,16-18H2,1-4H3,(H2,32,33,37)/t19-,20-,21+,27-/m0/s1. The van der Waals surface area contributed by atoms with Crippen LogP contribution in [0.1, 0.15) is 50.4 Å². The van der Waals surface area contributed by atoms with Gasteiger partial charge in [0, 0.05) is 37.0 Å². The first kappa shape index (κ1) is 30.3. The lowest BCUT2D eigenvalue weighted by atomic mass is 10.0. The molecule has 9 nitrogen and oxygen atoms in total. The van der Waals surface area contributed by atoms with Crippen molar-refractivity contribution in [2.45, 2.75) is 58.3 Å². The third kappa shape index (κ3) is 8.91. The average molecular weight is 545 g/mol. The molecule has 3 amide bonds. The van der Waals surface area contributed by atoms with Gasteiger partial charge in [0.25, 0.3) is 5.91 Å². The Morgan fingerprint density at radius 2 is 1.82 bits per heavy atom. The lowest BCUT2D eigenvalue weighted by Gasteiger charge is -2.34. The van der Waals surface area contributed by atoms with Crippen LogP contribution in [0.2, 0.25) is 0 Å². The number of fused-ring (bicyclic) bond motifs is 1. The smallest absolute Gasteiger partial charge is 0.323 e. The molecule has 1 aliphatic rings. The zero-order chi connectivity index (χ0) is 28.4. The van der Waals surface area contributed by atoms with E-state index < -0.39 is 17.9 Å². The molecule has 4 N–H and O–H groups in total. The molecule has 0 radical (unpaired) electrons. The highest BCUT2D eigenvalue weighted by Gasteiger charge is 2.29. The van der Waals surface area contributed by atoms with Crippen LogP contribution in [-0.4, -0.2) is 73.5 Å². The Morgan fingerprint density at radius 1 is 1.13 bits per heavy atom. The maximum atomic E-state index is 14.0. The molecule has 0 spiro atoms. The number of urea groups is 1. The molecule has 0 bridgehead atoms. The molecule has 1 heterocycles. The highest BCUT2D eigenvalue weighted by atomic mass is 19.1. The first-order valence-corrected chi connectivity index (χ1v) is 13.5. The van der Waals surface area contributed by atoms with Crippen molar-refractivity contribution in [3.63, 3.8) is 0 Å². The number of halogens is 1. The Kier molecular flexibility index (Phi) is 11.5. The average Bonchev–Trinajstić information content (AvgIpc) is 2.91. The predicted octanol–water partition coefficient (Wildman–Crippen LogP) is 4.48. The van der Waals surface area contributed by atoms with Crippen LogP contribution in [0.5, 0.6) is 5.75 Å². The number of amides is 3. The van der Waals surface area contributed by atoms with E-state index in [0.717, 1.165) is 19.3 Å². The molecule has 0 aromatic heterocycles. The van der Waals surface area contributed by atoms with E-state index in [2.05, 4.69) is 16.0 Å². The maximum Gasteiger partial charge on any atom is 0.323 e. The third-order valence-electron chi connectivity index (χ3n) is 6.82. The van der Waals surface area contributed by atoms with Gasteiger partial charge in [0.15, 0.2) is 0 Å². The third-order valence-corrected chi connectivity index (χ3v) is 6.82. The lowest BCUT2D eigenvalue weighted by molar-refractivity contribution is -0.000451. The molecule has 39 heavy (non-hydrogen) atoms. The topological polar surface area (TPSA) is 112 Å². The number of rotatable bonds is 6. The molecule has 3 rings (SSSR count). The summed E-state index contributed by atoms with van der Waals surface area (Å²) in [7, 11) is 1.87. The van der Waals surface area contributed by atoms with Gasteiger partial charge < -0.3 is 35.4 Å². The molecular formula is C29H41FN4O5. The lowest BCUT2D eigenvalue weighted by Crippen LogP contribution is -2.47. The van der Waals surface area contributed by atoms with Gasteiger partial charge in [-0.15, -0.1) is 0 Å². The molecule has 4 atom stereocenters. The fraction of sp³-hybridized carbons (Fsp3) is 0.517. The van der Waals surface area contributed by atoms with E-state index in [0.29, 0.717) is 36.8 Å². The van der Waals surface area contributed by atoms with Crippen molar-refractivity contribution >= 4 is 23.3 Å². The molecule has 0 fully saturated rings. The molecule has 2 aromatic carbocycles. The second-order valence-corrected chi connectivity index (χ2v) is 10.2. The van der Waals surface area contributed by atoms with E-state index in [1.807, 2.05) is 20.9 Å². The Morgan fingerprint density at radius 3 is 2.51 bits per heavy atom. The van der Waals surface area contributed by atoms with Gasteiger partial charge in [-0.25, -0.2) is 9.18 Å².